The largest absolute Gasteiger partial charge is 0.368 e. The number of hydrogen-bond acceptors (Lipinski definition) is 6. The average molecular weight is 401 g/mol. The first-order valence-corrected chi connectivity index (χ1v) is 9.03. The van der Waals surface area contributed by atoms with Crippen LogP contribution >= 0.6 is 11.6 Å². The van der Waals surface area contributed by atoms with Crippen LogP contribution in [0.4, 0.5) is 5.69 Å². The molecule has 3 amide bonds. The second kappa shape index (κ2) is 6.97. The summed E-state index contributed by atoms with van der Waals surface area (Å²) in [4.78, 5) is 48.7. The van der Waals surface area contributed by atoms with Crippen molar-refractivity contribution >= 4 is 35.0 Å². The van der Waals surface area contributed by atoms with Gasteiger partial charge in [-0.3, -0.25) is 24.2 Å². The van der Waals surface area contributed by atoms with E-state index < -0.39 is 35.8 Å². The Morgan fingerprint density at radius 3 is 2.68 bits per heavy atom. The third-order valence-electron chi connectivity index (χ3n) is 4.91. The van der Waals surface area contributed by atoms with Gasteiger partial charge in [0.25, 0.3) is 5.91 Å². The van der Waals surface area contributed by atoms with Gasteiger partial charge in [0.15, 0.2) is 6.10 Å². The molecule has 8 nitrogen and oxygen atoms in total. The van der Waals surface area contributed by atoms with E-state index in [-0.39, 0.29) is 6.54 Å². The van der Waals surface area contributed by atoms with E-state index in [0.717, 1.165) is 10.5 Å². The number of carbonyl (C=O) groups is 3. The topological polar surface area (TPSA) is 106 Å². The van der Waals surface area contributed by atoms with E-state index in [9.17, 15) is 14.4 Å². The van der Waals surface area contributed by atoms with Crippen LogP contribution in [0.3, 0.4) is 0 Å². The van der Waals surface area contributed by atoms with Gasteiger partial charge in [0, 0.05) is 11.2 Å². The number of aryl methyl sites for hydroxylation is 1. The molecule has 0 radical (unpaired) electrons. The number of benzene rings is 1. The number of carbonyl (C=O) groups excluding carboxylic acids is 3. The van der Waals surface area contributed by atoms with Gasteiger partial charge in [0.1, 0.15) is 6.54 Å². The molecular weight excluding hydrogens is 384 g/mol. The van der Waals surface area contributed by atoms with E-state index >= 15 is 0 Å². The number of nitrogens with zero attached hydrogens (tertiary/aromatic N) is 3. The second-order valence-corrected chi connectivity index (χ2v) is 7.15. The standard InChI is InChI=1S/C19H17ClN4O4/c1-10-5-6-11(8-12(10)20)24-18(26)15-16(13-4-2-3-7-22-13)23(9-14(21)25)28-17(15)19(24)27/h2-8,15-17H,9H2,1H3,(H2,21,25). The molecule has 2 aliphatic heterocycles. The molecule has 0 saturated carbocycles. The van der Waals surface area contributed by atoms with E-state index in [1.165, 1.54) is 5.06 Å². The van der Waals surface area contributed by atoms with Crippen molar-refractivity contribution in [2.45, 2.75) is 19.1 Å². The number of rotatable bonds is 4. The number of primary amides is 1. The molecule has 3 heterocycles. The van der Waals surface area contributed by atoms with Gasteiger partial charge in [-0.15, -0.1) is 0 Å². The number of aromatic nitrogens is 1. The molecule has 3 unspecified atom stereocenters. The summed E-state index contributed by atoms with van der Waals surface area (Å²) >= 11 is 6.16. The summed E-state index contributed by atoms with van der Waals surface area (Å²) in [5, 5.41) is 1.72. The van der Waals surface area contributed by atoms with Gasteiger partial charge in [-0.2, -0.15) is 5.06 Å². The molecule has 2 aromatic rings. The Balaban J connectivity index is 1.73. The van der Waals surface area contributed by atoms with Crippen molar-refractivity contribution in [3.63, 3.8) is 0 Å². The number of anilines is 1. The molecule has 1 aromatic heterocycles. The molecule has 2 N–H and O–H groups in total. The molecule has 3 atom stereocenters. The molecule has 0 bridgehead atoms. The number of amides is 3. The molecule has 0 spiro atoms. The Hall–Kier alpha value is -2.81. The predicted octanol–water partition coefficient (Wildman–Crippen LogP) is 1.38. The highest BCUT2D eigenvalue weighted by Crippen LogP contribution is 2.45. The number of hydroxylamine groups is 2. The van der Waals surface area contributed by atoms with Crippen LogP contribution in [0.2, 0.25) is 5.02 Å². The number of nitrogens with two attached hydrogens (primary N) is 1. The maximum absolute atomic E-state index is 13.2. The van der Waals surface area contributed by atoms with Crippen molar-refractivity contribution in [1.82, 2.24) is 10.0 Å². The maximum atomic E-state index is 13.2. The van der Waals surface area contributed by atoms with Crippen molar-refractivity contribution in [3.8, 4) is 0 Å². The Labute approximate surface area is 165 Å². The van der Waals surface area contributed by atoms with E-state index in [0.29, 0.717) is 16.4 Å². The minimum Gasteiger partial charge on any atom is -0.368 e. The van der Waals surface area contributed by atoms with Gasteiger partial charge < -0.3 is 5.73 Å². The molecule has 2 fully saturated rings. The summed E-state index contributed by atoms with van der Waals surface area (Å²) in [6, 6.07) is 9.48. The number of halogens is 1. The quantitative estimate of drug-likeness (QED) is 0.777. The lowest BCUT2D eigenvalue weighted by Crippen LogP contribution is -2.40. The van der Waals surface area contributed by atoms with Crippen LogP contribution < -0.4 is 10.6 Å². The van der Waals surface area contributed by atoms with Crippen LogP contribution in [0.15, 0.2) is 42.6 Å². The monoisotopic (exact) mass is 400 g/mol. The summed E-state index contributed by atoms with van der Waals surface area (Å²) in [5.74, 6) is -2.43. The Morgan fingerprint density at radius 1 is 1.25 bits per heavy atom. The molecule has 4 rings (SSSR count). The molecule has 9 heteroatoms. The lowest BCUT2D eigenvalue weighted by atomic mass is 9.94. The highest BCUT2D eigenvalue weighted by atomic mass is 35.5. The molecule has 144 valence electrons. The molecular formula is C19H17ClN4O4. The number of hydrogen-bond donors (Lipinski definition) is 1. The zero-order valence-electron chi connectivity index (χ0n) is 14.9. The Kier molecular flexibility index (Phi) is 4.62. The Morgan fingerprint density at radius 2 is 2.04 bits per heavy atom. The Bertz CT molecular complexity index is 968. The number of imide groups is 1. The predicted molar refractivity (Wildman–Crippen MR) is 99.9 cm³/mol. The summed E-state index contributed by atoms with van der Waals surface area (Å²) < 4.78 is 0. The van der Waals surface area contributed by atoms with E-state index in [2.05, 4.69) is 4.98 Å². The normalized spacial score (nSPS) is 24.6. The molecule has 0 aliphatic carbocycles. The van der Waals surface area contributed by atoms with Gasteiger partial charge in [-0.05, 0) is 36.8 Å². The van der Waals surface area contributed by atoms with Crippen molar-refractivity contribution in [3.05, 3.63) is 58.9 Å². The van der Waals surface area contributed by atoms with Gasteiger partial charge in [0.05, 0.1) is 23.3 Å². The van der Waals surface area contributed by atoms with E-state index in [1.54, 1.807) is 42.6 Å². The molecule has 28 heavy (non-hydrogen) atoms. The average Bonchev–Trinajstić information content (AvgIpc) is 3.13. The van der Waals surface area contributed by atoms with Crippen molar-refractivity contribution in [2.75, 3.05) is 11.4 Å². The first kappa shape index (κ1) is 18.5. The minimum atomic E-state index is -1.06. The zero-order valence-corrected chi connectivity index (χ0v) is 15.7. The summed E-state index contributed by atoms with van der Waals surface area (Å²) in [6.07, 6.45) is 0.517. The highest BCUT2D eigenvalue weighted by Gasteiger charge is 2.60. The van der Waals surface area contributed by atoms with Gasteiger partial charge >= 0.3 is 0 Å². The first-order chi connectivity index (χ1) is 13.4. The summed E-state index contributed by atoms with van der Waals surface area (Å²) in [6.45, 7) is 1.57. The van der Waals surface area contributed by atoms with Gasteiger partial charge in [0.2, 0.25) is 11.8 Å². The molecule has 2 saturated heterocycles. The van der Waals surface area contributed by atoms with Crippen molar-refractivity contribution < 1.29 is 19.2 Å². The van der Waals surface area contributed by atoms with Crippen LogP contribution in [0.25, 0.3) is 0 Å². The fourth-order valence-corrected chi connectivity index (χ4v) is 3.79. The lowest BCUT2D eigenvalue weighted by molar-refractivity contribution is -0.175. The lowest BCUT2D eigenvalue weighted by Gasteiger charge is -2.25. The summed E-state index contributed by atoms with van der Waals surface area (Å²) in [7, 11) is 0. The van der Waals surface area contributed by atoms with Gasteiger partial charge in [-0.1, -0.05) is 23.7 Å². The van der Waals surface area contributed by atoms with Crippen LogP contribution in [0.1, 0.15) is 17.3 Å². The zero-order chi connectivity index (χ0) is 20.0. The van der Waals surface area contributed by atoms with Crippen LogP contribution in [0, 0.1) is 12.8 Å². The minimum absolute atomic E-state index is 0.259. The van der Waals surface area contributed by atoms with Gasteiger partial charge in [-0.25, -0.2) is 4.90 Å². The fraction of sp³-hybridized carbons (Fsp3) is 0.263. The van der Waals surface area contributed by atoms with E-state index in [4.69, 9.17) is 22.2 Å². The van der Waals surface area contributed by atoms with Crippen LogP contribution in [0.5, 0.6) is 0 Å². The third-order valence-corrected chi connectivity index (χ3v) is 5.32. The van der Waals surface area contributed by atoms with E-state index in [1.807, 2.05) is 6.92 Å². The van der Waals surface area contributed by atoms with Crippen molar-refractivity contribution in [1.29, 1.82) is 0 Å². The van der Waals surface area contributed by atoms with Crippen LogP contribution in [-0.2, 0) is 19.2 Å². The van der Waals surface area contributed by atoms with Crippen molar-refractivity contribution in [2.24, 2.45) is 11.7 Å². The maximum Gasteiger partial charge on any atom is 0.265 e. The highest BCUT2D eigenvalue weighted by molar-refractivity contribution is 6.32. The smallest absolute Gasteiger partial charge is 0.265 e. The number of pyridine rings is 1. The van der Waals surface area contributed by atoms with Crippen LogP contribution in [-0.4, -0.2) is 40.4 Å². The fourth-order valence-electron chi connectivity index (χ4n) is 3.62. The summed E-state index contributed by atoms with van der Waals surface area (Å²) in [5.41, 5.74) is 7.03. The molecule has 1 aromatic carbocycles. The third kappa shape index (κ3) is 2.95. The SMILES string of the molecule is Cc1ccc(N2C(=O)C3ON(CC(N)=O)C(c4ccccn4)C3C2=O)cc1Cl. The molecule has 2 aliphatic rings. The first-order valence-electron chi connectivity index (χ1n) is 8.65. The second-order valence-electron chi connectivity index (χ2n) is 6.74. The number of fused-ring (bicyclic) bond motifs is 1.